The molecule has 0 fully saturated rings. The zero-order valence-corrected chi connectivity index (χ0v) is 6.80. The summed E-state index contributed by atoms with van der Waals surface area (Å²) in [5, 5.41) is 9.10. The zero-order valence-electron chi connectivity index (χ0n) is 6.80. The molecule has 0 heterocycles. The molecule has 0 amide bonds. The molecule has 0 atom stereocenters. The van der Waals surface area contributed by atoms with E-state index < -0.39 is 18.2 Å². The van der Waals surface area contributed by atoms with Crippen LogP contribution < -0.4 is 10.2 Å². The van der Waals surface area contributed by atoms with Crippen molar-refractivity contribution in [2.45, 2.75) is 0 Å². The molecule has 0 aliphatic carbocycles. The van der Waals surface area contributed by atoms with Gasteiger partial charge in [0.15, 0.2) is 5.75 Å². The van der Waals surface area contributed by atoms with Crippen LogP contribution in [0.1, 0.15) is 0 Å². The van der Waals surface area contributed by atoms with E-state index in [1.807, 2.05) is 0 Å². The number of methoxy groups -OCH3 is 1. The van der Waals surface area contributed by atoms with Crippen LogP contribution in [0.15, 0.2) is 18.2 Å². The van der Waals surface area contributed by atoms with Gasteiger partial charge >= 0.3 is 6.98 Å². The minimum absolute atomic E-state index is 0.170. The predicted molar refractivity (Wildman–Crippen MR) is 43.4 cm³/mol. The van der Waals surface area contributed by atoms with Gasteiger partial charge in [-0.2, -0.15) is 0 Å². The van der Waals surface area contributed by atoms with E-state index in [9.17, 15) is 12.9 Å². The Kier molecular flexibility index (Phi) is 2.40. The van der Waals surface area contributed by atoms with Crippen molar-refractivity contribution in [3.63, 3.8) is 0 Å². The Morgan fingerprint density at radius 3 is 2.38 bits per heavy atom. The van der Waals surface area contributed by atoms with Gasteiger partial charge in [0.2, 0.25) is 0 Å². The van der Waals surface area contributed by atoms with Gasteiger partial charge in [-0.05, 0) is 6.07 Å². The minimum Gasteiger partial charge on any atom is -0.507 e. The lowest BCUT2D eigenvalue weighted by molar-refractivity contribution is 0.373. The van der Waals surface area contributed by atoms with E-state index in [1.165, 1.54) is 19.2 Å². The summed E-state index contributed by atoms with van der Waals surface area (Å²) in [6, 6.07) is 3.27. The standard InChI is InChI=1S/C7H7BF3O2/c1-13-6-4-2-3-5(7(6)12)8(9,10)11/h2-4,12H,1H3/q-1. The molecule has 0 aliphatic heterocycles. The highest BCUT2D eigenvalue weighted by atomic mass is 19.4. The molecule has 1 N–H and O–H groups in total. The van der Waals surface area contributed by atoms with Crippen molar-refractivity contribution >= 4 is 12.4 Å². The smallest absolute Gasteiger partial charge is 0.507 e. The maximum Gasteiger partial charge on any atom is 0.513 e. The van der Waals surface area contributed by atoms with Crippen molar-refractivity contribution in [1.29, 1.82) is 0 Å². The van der Waals surface area contributed by atoms with E-state index in [1.54, 1.807) is 0 Å². The first kappa shape index (κ1) is 9.76. The molecule has 1 aromatic rings. The summed E-state index contributed by atoms with van der Waals surface area (Å²) in [6.07, 6.45) is 0. The maximum absolute atomic E-state index is 12.2. The second-order valence-electron chi connectivity index (χ2n) is 2.47. The Morgan fingerprint density at radius 1 is 1.31 bits per heavy atom. The number of halogens is 3. The van der Waals surface area contributed by atoms with Gasteiger partial charge in [0.05, 0.1) is 7.11 Å². The molecule has 0 saturated carbocycles. The number of phenols is 1. The van der Waals surface area contributed by atoms with Crippen molar-refractivity contribution in [3.05, 3.63) is 18.2 Å². The van der Waals surface area contributed by atoms with E-state index in [2.05, 4.69) is 4.74 Å². The van der Waals surface area contributed by atoms with Gasteiger partial charge in [-0.3, -0.25) is 0 Å². The lowest BCUT2D eigenvalue weighted by atomic mass is 9.79. The number of aromatic hydroxyl groups is 1. The van der Waals surface area contributed by atoms with Crippen LogP contribution in [0.25, 0.3) is 0 Å². The van der Waals surface area contributed by atoms with Gasteiger partial charge in [0.1, 0.15) is 5.75 Å². The summed E-state index contributed by atoms with van der Waals surface area (Å²) in [5.41, 5.74) is -1.03. The summed E-state index contributed by atoms with van der Waals surface area (Å²) < 4.78 is 41.2. The molecule has 1 aromatic carbocycles. The molecule has 13 heavy (non-hydrogen) atoms. The van der Waals surface area contributed by atoms with Gasteiger partial charge < -0.3 is 22.8 Å². The van der Waals surface area contributed by atoms with Crippen LogP contribution in [-0.2, 0) is 0 Å². The third-order valence-corrected chi connectivity index (χ3v) is 1.60. The minimum atomic E-state index is -5.19. The fourth-order valence-corrected chi connectivity index (χ4v) is 0.968. The number of hydrogen-bond acceptors (Lipinski definition) is 2. The van der Waals surface area contributed by atoms with E-state index in [-0.39, 0.29) is 5.75 Å². The van der Waals surface area contributed by atoms with Crippen LogP contribution in [0.5, 0.6) is 11.5 Å². The summed E-state index contributed by atoms with van der Waals surface area (Å²) >= 11 is 0. The Morgan fingerprint density at radius 2 is 1.92 bits per heavy atom. The highest BCUT2D eigenvalue weighted by Crippen LogP contribution is 2.26. The Hall–Kier alpha value is -1.33. The molecule has 0 unspecified atom stereocenters. The monoisotopic (exact) mass is 191 g/mol. The number of hydrogen-bond donors (Lipinski definition) is 1. The van der Waals surface area contributed by atoms with Crippen LogP contribution in [-0.4, -0.2) is 19.2 Å². The second kappa shape index (κ2) is 3.20. The normalized spacial score (nSPS) is 11.4. The molecule has 0 radical (unpaired) electrons. The van der Waals surface area contributed by atoms with E-state index >= 15 is 0 Å². The summed E-state index contributed by atoms with van der Waals surface area (Å²) in [5.74, 6) is -1.02. The Labute approximate surface area is 73.0 Å². The van der Waals surface area contributed by atoms with E-state index in [0.717, 1.165) is 6.07 Å². The molecule has 1 rings (SSSR count). The van der Waals surface area contributed by atoms with Crippen molar-refractivity contribution in [2.24, 2.45) is 0 Å². The molecule has 2 nitrogen and oxygen atoms in total. The largest absolute Gasteiger partial charge is 0.513 e. The third-order valence-electron chi connectivity index (χ3n) is 1.60. The lowest BCUT2D eigenvalue weighted by Gasteiger charge is -2.17. The van der Waals surface area contributed by atoms with Crippen LogP contribution >= 0.6 is 0 Å². The fourth-order valence-electron chi connectivity index (χ4n) is 0.968. The van der Waals surface area contributed by atoms with E-state index in [0.29, 0.717) is 0 Å². The van der Waals surface area contributed by atoms with Crippen molar-refractivity contribution in [3.8, 4) is 11.5 Å². The summed E-state index contributed by atoms with van der Waals surface area (Å²) in [4.78, 5) is 0. The molecule has 0 aliphatic rings. The van der Waals surface area contributed by atoms with Crippen molar-refractivity contribution in [1.82, 2.24) is 0 Å². The lowest BCUT2D eigenvalue weighted by Crippen LogP contribution is -2.34. The third kappa shape index (κ3) is 1.88. The molecular weight excluding hydrogens is 184 g/mol. The van der Waals surface area contributed by atoms with E-state index in [4.69, 9.17) is 5.11 Å². The molecular formula is C7H7BF3O2-. The first-order chi connectivity index (χ1) is 5.96. The summed E-state index contributed by atoms with van der Waals surface area (Å²) in [7, 11) is 1.20. The average Bonchev–Trinajstić information content (AvgIpc) is 2.02. The number of benzene rings is 1. The topological polar surface area (TPSA) is 29.5 Å². The Balaban J connectivity index is 3.24. The first-order valence-electron chi connectivity index (χ1n) is 3.52. The molecule has 0 saturated heterocycles. The summed E-state index contributed by atoms with van der Waals surface area (Å²) in [6.45, 7) is -5.19. The van der Waals surface area contributed by atoms with Crippen LogP contribution in [0.2, 0.25) is 0 Å². The van der Waals surface area contributed by atoms with Crippen LogP contribution in [0, 0.1) is 0 Å². The number of phenolic OH excluding ortho intramolecular Hbond substituents is 1. The van der Waals surface area contributed by atoms with Crippen molar-refractivity contribution in [2.75, 3.05) is 7.11 Å². The van der Waals surface area contributed by atoms with Gasteiger partial charge in [-0.25, -0.2) is 0 Å². The van der Waals surface area contributed by atoms with Crippen molar-refractivity contribution < 1.29 is 22.8 Å². The SMILES string of the molecule is COc1cccc([B-](F)(F)F)c1O. The van der Waals surface area contributed by atoms with Gasteiger partial charge in [0.25, 0.3) is 0 Å². The van der Waals surface area contributed by atoms with Gasteiger partial charge in [-0.15, -0.1) is 0 Å². The first-order valence-corrected chi connectivity index (χ1v) is 3.52. The van der Waals surface area contributed by atoms with Gasteiger partial charge in [-0.1, -0.05) is 17.6 Å². The fraction of sp³-hybridized carbons (Fsp3) is 0.143. The highest BCUT2D eigenvalue weighted by molar-refractivity contribution is 6.74. The molecule has 72 valence electrons. The zero-order chi connectivity index (χ0) is 10.1. The van der Waals surface area contributed by atoms with Gasteiger partial charge in [0, 0.05) is 0 Å². The number of ether oxygens (including phenoxy) is 1. The number of para-hydroxylation sites is 1. The molecule has 6 heteroatoms. The maximum atomic E-state index is 12.2. The molecule has 0 bridgehead atoms. The quantitative estimate of drug-likeness (QED) is 0.716. The predicted octanol–water partition coefficient (Wildman–Crippen LogP) is 1.46. The Bertz CT molecular complexity index is 311. The number of rotatable bonds is 2. The second-order valence-corrected chi connectivity index (χ2v) is 2.47. The molecule has 0 aromatic heterocycles. The van der Waals surface area contributed by atoms with Crippen LogP contribution in [0.3, 0.4) is 0 Å². The highest BCUT2D eigenvalue weighted by Gasteiger charge is 2.29. The average molecular weight is 191 g/mol. The van der Waals surface area contributed by atoms with Crippen LogP contribution in [0.4, 0.5) is 12.9 Å². The molecule has 0 spiro atoms.